The van der Waals surface area contributed by atoms with E-state index in [9.17, 15) is 18.0 Å². The lowest BCUT2D eigenvalue weighted by molar-refractivity contribution is -0.117. The summed E-state index contributed by atoms with van der Waals surface area (Å²) in [5, 5.41) is 0. The minimum Gasteiger partial charge on any atom is -0.465 e. The van der Waals surface area contributed by atoms with E-state index in [4.69, 9.17) is 10.7 Å². The van der Waals surface area contributed by atoms with E-state index in [1.807, 2.05) is 0 Å². The molecule has 1 amide bonds. The molecule has 7 nitrogen and oxygen atoms in total. The van der Waals surface area contributed by atoms with Gasteiger partial charge < -0.3 is 4.74 Å². The zero-order valence-corrected chi connectivity index (χ0v) is 12.7. The molecule has 0 aromatic carbocycles. The molecular formula is C12H13ClN2O5S. The smallest absolute Gasteiger partial charge is 0.338 e. The highest BCUT2D eigenvalue weighted by Crippen LogP contribution is 2.25. The number of halogens is 1. The summed E-state index contributed by atoms with van der Waals surface area (Å²) in [7, 11) is 2.80. The van der Waals surface area contributed by atoms with Gasteiger partial charge in [0.2, 0.25) is 15.0 Å². The standard InChI is InChI=1S/C12H13ClN2O5S/c1-20-12(17)9-2-3-14-10(5-9)15-6-8(4-11(15)16)7-21(13,18)19/h2-3,5,8H,4,6-7H2,1H3. The summed E-state index contributed by atoms with van der Waals surface area (Å²) in [6, 6.07) is 2.90. The van der Waals surface area contributed by atoms with Crippen molar-refractivity contribution in [3.63, 3.8) is 0 Å². The normalized spacial score (nSPS) is 18.9. The fraction of sp³-hybridized carbons (Fsp3) is 0.417. The van der Waals surface area contributed by atoms with Gasteiger partial charge in [-0.05, 0) is 12.1 Å². The summed E-state index contributed by atoms with van der Waals surface area (Å²) < 4.78 is 26.8. The number of carbonyl (C=O) groups excluding carboxylic acids is 2. The molecule has 2 heterocycles. The number of ether oxygens (including phenoxy) is 1. The third-order valence-electron chi connectivity index (χ3n) is 3.08. The predicted molar refractivity (Wildman–Crippen MR) is 75.7 cm³/mol. The van der Waals surface area contributed by atoms with Crippen LogP contribution in [0.2, 0.25) is 0 Å². The van der Waals surface area contributed by atoms with Crippen LogP contribution in [0.4, 0.5) is 5.82 Å². The molecule has 0 radical (unpaired) electrons. The average molecular weight is 333 g/mol. The lowest BCUT2D eigenvalue weighted by Gasteiger charge is -2.15. The molecule has 1 unspecified atom stereocenters. The number of rotatable bonds is 4. The van der Waals surface area contributed by atoms with Crippen LogP contribution in [0.15, 0.2) is 18.3 Å². The summed E-state index contributed by atoms with van der Waals surface area (Å²) in [5.41, 5.74) is 0.267. The molecule has 1 aromatic heterocycles. The molecule has 0 N–H and O–H groups in total. The summed E-state index contributed by atoms with van der Waals surface area (Å²) in [6.45, 7) is 0.197. The number of methoxy groups -OCH3 is 1. The Hall–Kier alpha value is -1.67. The van der Waals surface area contributed by atoms with E-state index in [0.717, 1.165) is 0 Å². The first-order valence-corrected chi connectivity index (χ1v) is 8.55. The highest BCUT2D eigenvalue weighted by Gasteiger charge is 2.34. The lowest BCUT2D eigenvalue weighted by atomic mass is 10.1. The maximum atomic E-state index is 12.0. The number of hydrogen-bond acceptors (Lipinski definition) is 6. The monoisotopic (exact) mass is 332 g/mol. The van der Waals surface area contributed by atoms with Gasteiger partial charge in [0.15, 0.2) is 0 Å². The van der Waals surface area contributed by atoms with Crippen LogP contribution in [0.3, 0.4) is 0 Å². The Morgan fingerprint density at radius 1 is 1.57 bits per heavy atom. The molecule has 1 aliphatic rings. The lowest BCUT2D eigenvalue weighted by Crippen LogP contribution is -2.26. The summed E-state index contributed by atoms with van der Waals surface area (Å²) in [4.78, 5) is 28.8. The minimum atomic E-state index is -3.66. The quantitative estimate of drug-likeness (QED) is 0.597. The summed E-state index contributed by atoms with van der Waals surface area (Å²) >= 11 is 0. The molecule has 1 fully saturated rings. The Morgan fingerprint density at radius 2 is 2.29 bits per heavy atom. The van der Waals surface area contributed by atoms with Crippen LogP contribution in [-0.4, -0.2) is 44.7 Å². The zero-order valence-electron chi connectivity index (χ0n) is 11.2. The van der Waals surface area contributed by atoms with Gasteiger partial charge in [-0.1, -0.05) is 0 Å². The first kappa shape index (κ1) is 15.7. The van der Waals surface area contributed by atoms with Crippen molar-refractivity contribution in [2.75, 3.05) is 24.3 Å². The van der Waals surface area contributed by atoms with Gasteiger partial charge >= 0.3 is 5.97 Å². The van der Waals surface area contributed by atoms with Crippen LogP contribution >= 0.6 is 10.7 Å². The molecule has 1 saturated heterocycles. The van der Waals surface area contributed by atoms with Crippen LogP contribution in [0.1, 0.15) is 16.8 Å². The molecule has 0 bridgehead atoms. The number of pyridine rings is 1. The van der Waals surface area contributed by atoms with Gasteiger partial charge in [0.05, 0.1) is 18.4 Å². The summed E-state index contributed by atoms with van der Waals surface area (Å²) in [6.07, 6.45) is 1.47. The molecule has 0 aliphatic carbocycles. The van der Waals surface area contributed by atoms with Crippen LogP contribution < -0.4 is 4.90 Å². The second-order valence-electron chi connectivity index (χ2n) is 4.67. The highest BCUT2D eigenvalue weighted by molar-refractivity contribution is 8.13. The van der Waals surface area contributed by atoms with E-state index in [1.165, 1.54) is 30.3 Å². The van der Waals surface area contributed by atoms with Crippen molar-refractivity contribution in [1.82, 2.24) is 4.98 Å². The number of anilines is 1. The number of hydrogen-bond donors (Lipinski definition) is 0. The second kappa shape index (κ2) is 5.98. The van der Waals surface area contributed by atoms with Crippen molar-refractivity contribution in [3.05, 3.63) is 23.9 Å². The van der Waals surface area contributed by atoms with Crippen LogP contribution in [0.25, 0.3) is 0 Å². The minimum absolute atomic E-state index is 0.0794. The Kier molecular flexibility index (Phi) is 4.48. The van der Waals surface area contributed by atoms with Crippen LogP contribution in [0, 0.1) is 5.92 Å². The molecule has 0 saturated carbocycles. The molecule has 1 aliphatic heterocycles. The van der Waals surface area contributed by atoms with Gasteiger partial charge in [-0.25, -0.2) is 18.2 Å². The van der Waals surface area contributed by atoms with Crippen LogP contribution in [-0.2, 0) is 18.6 Å². The molecule has 1 aromatic rings. The number of carbonyl (C=O) groups is 2. The maximum Gasteiger partial charge on any atom is 0.338 e. The third kappa shape index (κ3) is 3.92. The van der Waals surface area contributed by atoms with E-state index in [2.05, 4.69) is 9.72 Å². The van der Waals surface area contributed by atoms with Crippen molar-refractivity contribution in [3.8, 4) is 0 Å². The number of nitrogens with zero attached hydrogens (tertiary/aromatic N) is 2. The van der Waals surface area contributed by atoms with E-state index in [-0.39, 0.29) is 41.9 Å². The molecular weight excluding hydrogens is 320 g/mol. The first-order valence-electron chi connectivity index (χ1n) is 6.07. The van der Waals surface area contributed by atoms with E-state index in [1.54, 1.807) is 0 Å². The van der Waals surface area contributed by atoms with Crippen molar-refractivity contribution >= 4 is 37.4 Å². The zero-order chi connectivity index (χ0) is 15.6. The Morgan fingerprint density at radius 3 is 2.90 bits per heavy atom. The molecule has 114 valence electrons. The van der Waals surface area contributed by atoms with Crippen LogP contribution in [0.5, 0.6) is 0 Å². The van der Waals surface area contributed by atoms with Gasteiger partial charge in [0, 0.05) is 35.8 Å². The van der Waals surface area contributed by atoms with Gasteiger partial charge in [-0.3, -0.25) is 9.69 Å². The van der Waals surface area contributed by atoms with Gasteiger partial charge in [-0.2, -0.15) is 0 Å². The molecule has 21 heavy (non-hydrogen) atoms. The topological polar surface area (TPSA) is 93.6 Å². The number of esters is 1. The Balaban J connectivity index is 2.19. The number of amides is 1. The average Bonchev–Trinajstić information content (AvgIpc) is 2.76. The third-order valence-corrected chi connectivity index (χ3v) is 4.33. The molecule has 9 heteroatoms. The Labute approximate surface area is 126 Å². The van der Waals surface area contributed by atoms with Gasteiger partial charge in [-0.15, -0.1) is 0 Å². The fourth-order valence-corrected chi connectivity index (χ4v) is 3.53. The highest BCUT2D eigenvalue weighted by atomic mass is 35.7. The predicted octanol–water partition coefficient (Wildman–Crippen LogP) is 0.790. The van der Waals surface area contributed by atoms with Gasteiger partial charge in [0.25, 0.3) is 0 Å². The van der Waals surface area contributed by atoms with Crippen molar-refractivity contribution in [2.24, 2.45) is 5.92 Å². The van der Waals surface area contributed by atoms with Crippen molar-refractivity contribution < 1.29 is 22.7 Å². The number of aromatic nitrogens is 1. The van der Waals surface area contributed by atoms with E-state index >= 15 is 0 Å². The largest absolute Gasteiger partial charge is 0.465 e. The van der Waals surface area contributed by atoms with Crippen molar-refractivity contribution in [2.45, 2.75) is 6.42 Å². The maximum absolute atomic E-state index is 12.0. The fourth-order valence-electron chi connectivity index (χ4n) is 2.21. The molecule has 2 rings (SSSR count). The van der Waals surface area contributed by atoms with E-state index < -0.39 is 15.0 Å². The first-order chi connectivity index (χ1) is 9.80. The van der Waals surface area contributed by atoms with Crippen molar-refractivity contribution in [1.29, 1.82) is 0 Å². The molecule has 1 atom stereocenters. The SMILES string of the molecule is COC(=O)c1ccnc(N2CC(CS(=O)(=O)Cl)CC2=O)c1. The van der Waals surface area contributed by atoms with Gasteiger partial charge in [0.1, 0.15) is 5.82 Å². The summed E-state index contributed by atoms with van der Waals surface area (Å²) in [5.74, 6) is -1.16. The molecule has 0 spiro atoms. The van der Waals surface area contributed by atoms with E-state index in [0.29, 0.717) is 0 Å². The Bertz CT molecular complexity index is 676. The second-order valence-corrected chi connectivity index (χ2v) is 7.50.